The molecule has 2 aliphatic rings. The van der Waals surface area contributed by atoms with Gasteiger partial charge in [0.05, 0.1) is 0 Å². The van der Waals surface area contributed by atoms with E-state index in [1.165, 1.54) is 114 Å². The van der Waals surface area contributed by atoms with E-state index in [-0.39, 0.29) is 37.9 Å². The number of fused-ring (bicyclic) bond motifs is 11. The molecule has 3 aromatic heterocycles. The second-order valence-corrected chi connectivity index (χ2v) is 28.0. The quantitative estimate of drug-likeness (QED) is 0.125. The van der Waals surface area contributed by atoms with E-state index >= 15 is 0 Å². The number of aromatic nitrogens is 3. The van der Waals surface area contributed by atoms with E-state index in [0.717, 1.165) is 33.3 Å². The molecule has 2 aliphatic heterocycles. The second kappa shape index (κ2) is 16.5. The summed E-state index contributed by atoms with van der Waals surface area (Å²) < 4.78 is 17.9. The first-order valence-corrected chi connectivity index (χ1v) is 29.0. The van der Waals surface area contributed by atoms with Gasteiger partial charge in [0.25, 0.3) is 0 Å². The second-order valence-electron chi connectivity index (χ2n) is 25.7. The van der Waals surface area contributed by atoms with Gasteiger partial charge in [-0.25, -0.2) is 0 Å². The van der Waals surface area contributed by atoms with Crippen LogP contribution in [0.2, 0.25) is 0 Å². The standard InChI is InChI=1S/C69H69BN3OSe/c1-38(2)46-19-18-20-47(39(3)4)63(46)73-56-22-17-16-21-55(56)71(15)66(73)61-40(5)23-27-49-48-28-24-41(32-58(48)74-65(49)61)42-31-57-62-60(33-42)75-59-30-26-44(68(9,10)11)36-52(59)70(62)53-37-45(69(12,13)14)35-51-50-34-43(67(6,7)8)25-29-54(50)72(57)64(51)53/h16-39H,1-15H3/q+1. The molecule has 11 aromatic rings. The fourth-order valence-corrected chi connectivity index (χ4v) is 15.3. The number of aryl methyl sites for hydroxylation is 2. The van der Waals surface area contributed by atoms with Crippen molar-refractivity contribution in [2.24, 2.45) is 7.05 Å². The molecule has 6 heteroatoms. The van der Waals surface area contributed by atoms with E-state index in [0.29, 0.717) is 11.8 Å². The molecule has 0 unspecified atom stereocenters. The predicted octanol–water partition coefficient (Wildman–Crippen LogP) is 14.0. The Morgan fingerprint density at radius 1 is 0.547 bits per heavy atom. The summed E-state index contributed by atoms with van der Waals surface area (Å²) in [4.78, 5) is 0. The molecule has 0 atom stereocenters. The molecule has 0 aliphatic carbocycles. The third-order valence-corrected chi connectivity index (χ3v) is 19.4. The maximum atomic E-state index is 7.35. The van der Waals surface area contributed by atoms with Crippen LogP contribution in [0.3, 0.4) is 0 Å². The summed E-state index contributed by atoms with van der Waals surface area (Å²) in [5, 5.41) is 4.97. The van der Waals surface area contributed by atoms with Crippen molar-refractivity contribution in [1.82, 2.24) is 9.13 Å². The van der Waals surface area contributed by atoms with Gasteiger partial charge in [-0.1, -0.05) is 58.0 Å². The zero-order valence-corrected chi connectivity index (χ0v) is 48.3. The predicted molar refractivity (Wildman–Crippen MR) is 322 cm³/mol. The van der Waals surface area contributed by atoms with Crippen LogP contribution >= 0.6 is 0 Å². The summed E-state index contributed by atoms with van der Waals surface area (Å²) in [5.41, 5.74) is 25.4. The van der Waals surface area contributed by atoms with Crippen LogP contribution in [-0.4, -0.2) is 30.8 Å². The summed E-state index contributed by atoms with van der Waals surface area (Å²) >= 11 is 0.0937. The molecular formula is C69H69BN3OSe+. The van der Waals surface area contributed by atoms with Crippen LogP contribution in [0.25, 0.3) is 88.7 Å². The third-order valence-electron chi connectivity index (χ3n) is 17.0. The topological polar surface area (TPSA) is 26.9 Å². The maximum absolute atomic E-state index is 7.35. The van der Waals surface area contributed by atoms with E-state index in [9.17, 15) is 0 Å². The molecule has 0 spiro atoms. The molecule has 0 N–H and O–H groups in total. The Labute approximate surface area is 450 Å². The SMILES string of the molecule is Cc1ccc2c(oc3cc(-c4cc5c6c(c4)-n4c7ccc(C(C)(C)C)cc7c7cc(C(C)(C)C)cc(c74)B6c4cc(C(C)(C)C)ccc4[Se]5)ccc32)c1-c1n(-c2c(C(C)C)cccc2C(C)C)c2ccccc2[n+]1C. The van der Waals surface area contributed by atoms with Crippen LogP contribution in [0.1, 0.15) is 135 Å². The molecule has 0 saturated heterocycles. The van der Waals surface area contributed by atoms with Gasteiger partial charge < -0.3 is 0 Å². The summed E-state index contributed by atoms with van der Waals surface area (Å²) in [7, 11) is 2.23. The van der Waals surface area contributed by atoms with Crippen molar-refractivity contribution in [3.8, 4) is 33.9 Å². The van der Waals surface area contributed by atoms with Crippen LogP contribution in [0, 0.1) is 6.92 Å². The molecule has 0 fully saturated rings. The number of imidazole rings is 1. The molecule has 0 saturated carbocycles. The molecular weight excluding hydrogens is 977 g/mol. The Balaban J connectivity index is 1.06. The first-order valence-electron chi connectivity index (χ1n) is 27.3. The average molecular weight is 1050 g/mol. The van der Waals surface area contributed by atoms with Crippen LogP contribution in [0.4, 0.5) is 0 Å². The van der Waals surface area contributed by atoms with Crippen molar-refractivity contribution in [3.05, 3.63) is 167 Å². The van der Waals surface area contributed by atoms with Gasteiger partial charge in [-0.3, -0.25) is 0 Å². The summed E-state index contributed by atoms with van der Waals surface area (Å²) in [6.45, 7) is 32.9. The fourth-order valence-electron chi connectivity index (χ4n) is 12.8. The van der Waals surface area contributed by atoms with Crippen molar-refractivity contribution < 1.29 is 8.98 Å². The molecule has 374 valence electrons. The number of hydrogen-bond donors (Lipinski definition) is 0. The average Bonchev–Trinajstić information content (AvgIpc) is 4.13. The minimum atomic E-state index is -0.0241. The van der Waals surface area contributed by atoms with Gasteiger partial charge in [0.15, 0.2) is 0 Å². The summed E-state index contributed by atoms with van der Waals surface area (Å²) in [5.74, 6) is 1.80. The van der Waals surface area contributed by atoms with Crippen LogP contribution < -0.4 is 29.9 Å². The summed E-state index contributed by atoms with van der Waals surface area (Å²) in [6, 6.07) is 52.2. The van der Waals surface area contributed by atoms with Gasteiger partial charge in [0.1, 0.15) is 0 Å². The van der Waals surface area contributed by atoms with Gasteiger partial charge in [0.2, 0.25) is 0 Å². The van der Waals surface area contributed by atoms with Crippen molar-refractivity contribution in [2.45, 2.75) is 125 Å². The van der Waals surface area contributed by atoms with Crippen molar-refractivity contribution >= 4 is 102 Å². The van der Waals surface area contributed by atoms with E-state index in [1.807, 2.05) is 0 Å². The molecule has 8 aromatic carbocycles. The Bertz CT molecular complexity index is 4220. The molecule has 0 bridgehead atoms. The number of para-hydroxylation sites is 3. The minimum absolute atomic E-state index is 0.0170. The Morgan fingerprint density at radius 2 is 1.20 bits per heavy atom. The summed E-state index contributed by atoms with van der Waals surface area (Å²) in [6.07, 6.45) is 0. The van der Waals surface area contributed by atoms with Crippen molar-refractivity contribution in [2.75, 3.05) is 0 Å². The van der Waals surface area contributed by atoms with E-state index in [1.54, 1.807) is 0 Å². The fraction of sp³-hybridized carbons (Fsp3) is 0.290. The van der Waals surface area contributed by atoms with E-state index in [2.05, 4.69) is 251 Å². The van der Waals surface area contributed by atoms with Gasteiger partial charge in [-0.05, 0) is 24.0 Å². The Kier molecular flexibility index (Phi) is 10.6. The van der Waals surface area contributed by atoms with Crippen molar-refractivity contribution in [1.29, 1.82) is 0 Å². The Morgan fingerprint density at radius 3 is 1.91 bits per heavy atom. The monoisotopic (exact) mass is 1050 g/mol. The van der Waals surface area contributed by atoms with Crippen LogP contribution in [-0.2, 0) is 23.3 Å². The first kappa shape index (κ1) is 48.1. The molecule has 13 rings (SSSR count). The zero-order valence-electron chi connectivity index (χ0n) is 46.6. The van der Waals surface area contributed by atoms with E-state index in [4.69, 9.17) is 4.42 Å². The van der Waals surface area contributed by atoms with E-state index < -0.39 is 0 Å². The number of rotatable bonds is 5. The zero-order chi connectivity index (χ0) is 52.5. The molecule has 5 heterocycles. The number of furan rings is 1. The van der Waals surface area contributed by atoms with Gasteiger partial charge in [0, 0.05) is 11.1 Å². The normalized spacial score (nSPS) is 13.7. The number of nitrogens with zero attached hydrogens (tertiary/aromatic N) is 3. The molecule has 4 nitrogen and oxygen atoms in total. The van der Waals surface area contributed by atoms with Gasteiger partial charge in [-0.15, -0.1) is 0 Å². The van der Waals surface area contributed by atoms with Crippen LogP contribution in [0.5, 0.6) is 0 Å². The third kappa shape index (κ3) is 7.18. The molecule has 75 heavy (non-hydrogen) atoms. The van der Waals surface area contributed by atoms with Crippen molar-refractivity contribution in [3.63, 3.8) is 0 Å². The van der Waals surface area contributed by atoms with Crippen LogP contribution in [0.15, 0.2) is 138 Å². The number of hydrogen-bond acceptors (Lipinski definition) is 1. The Hall–Kier alpha value is -6.59. The first-order chi connectivity index (χ1) is 35.6. The molecule has 0 radical (unpaired) electrons. The van der Waals surface area contributed by atoms with Gasteiger partial charge >= 0.3 is 360 Å². The van der Waals surface area contributed by atoms with Gasteiger partial charge in [-0.2, -0.15) is 0 Å². The molecule has 0 amide bonds. The number of benzene rings is 8.